The fraction of sp³-hybridized carbons (Fsp3) is 0.133. The molecule has 0 bridgehead atoms. The maximum absolute atomic E-state index is 11.4. The number of nitrogens with two attached hydrogens (primary N) is 1. The van der Waals surface area contributed by atoms with Crippen LogP contribution in [0.15, 0.2) is 45.3 Å². The minimum Gasteiger partial charge on any atom is -0.482 e. The second-order valence-electron chi connectivity index (χ2n) is 4.74. The van der Waals surface area contributed by atoms with Crippen LogP contribution >= 0.6 is 31.9 Å². The number of rotatable bonds is 2. The van der Waals surface area contributed by atoms with Gasteiger partial charge >= 0.3 is 0 Å². The highest BCUT2D eigenvalue weighted by Crippen LogP contribution is 2.34. The number of hydrogen-bond acceptors (Lipinski definition) is 3. The van der Waals surface area contributed by atoms with Gasteiger partial charge in [-0.15, -0.1) is 0 Å². The number of anilines is 1. The molecule has 2 aromatic rings. The van der Waals surface area contributed by atoms with E-state index in [0.29, 0.717) is 11.4 Å². The number of ether oxygens (including phenoxy) is 1. The van der Waals surface area contributed by atoms with E-state index < -0.39 is 0 Å². The van der Waals surface area contributed by atoms with Crippen molar-refractivity contribution in [2.24, 2.45) is 5.73 Å². The smallest absolute Gasteiger partial charge is 0.262 e. The Morgan fingerprint density at radius 2 is 2.00 bits per heavy atom. The minimum absolute atomic E-state index is 0.0512. The molecule has 0 fully saturated rings. The van der Waals surface area contributed by atoms with Gasteiger partial charge in [0.05, 0.1) is 11.7 Å². The molecular formula is C15H12Br2N2O2. The molecule has 1 aliphatic heterocycles. The molecule has 4 nitrogen and oxygen atoms in total. The Hall–Kier alpha value is -1.37. The second-order valence-corrected chi connectivity index (χ2v) is 6.51. The van der Waals surface area contributed by atoms with Gasteiger partial charge in [-0.25, -0.2) is 0 Å². The van der Waals surface area contributed by atoms with Gasteiger partial charge in [0, 0.05) is 8.95 Å². The molecule has 108 valence electrons. The van der Waals surface area contributed by atoms with Crippen LogP contribution in [-0.2, 0) is 4.79 Å². The molecule has 3 N–H and O–H groups in total. The van der Waals surface area contributed by atoms with Crippen LogP contribution in [0.1, 0.15) is 17.2 Å². The van der Waals surface area contributed by atoms with Crippen LogP contribution in [0.4, 0.5) is 5.69 Å². The van der Waals surface area contributed by atoms with E-state index in [-0.39, 0.29) is 18.6 Å². The van der Waals surface area contributed by atoms with Crippen molar-refractivity contribution in [3.63, 3.8) is 0 Å². The van der Waals surface area contributed by atoms with Crippen LogP contribution in [0.3, 0.4) is 0 Å². The maximum atomic E-state index is 11.4. The molecule has 1 aliphatic rings. The summed E-state index contributed by atoms with van der Waals surface area (Å²) in [6.45, 7) is 0.0512. The molecule has 0 saturated carbocycles. The van der Waals surface area contributed by atoms with E-state index in [9.17, 15) is 4.79 Å². The van der Waals surface area contributed by atoms with Crippen molar-refractivity contribution in [3.8, 4) is 5.75 Å². The molecule has 2 aromatic carbocycles. The van der Waals surface area contributed by atoms with Gasteiger partial charge in [0.15, 0.2) is 6.61 Å². The standard InChI is InChI=1S/C15H12Br2N2O2/c16-9-2-3-11(17)10(6-9)15(18)8-1-4-13-12(5-8)19-14(20)7-21-13/h1-6,15H,7,18H2,(H,19,20). The predicted molar refractivity (Wildman–Crippen MR) is 88.4 cm³/mol. The average molecular weight is 412 g/mol. The molecule has 3 rings (SSSR count). The van der Waals surface area contributed by atoms with Crippen molar-refractivity contribution in [2.45, 2.75) is 6.04 Å². The van der Waals surface area contributed by atoms with Crippen molar-refractivity contribution in [1.29, 1.82) is 0 Å². The Labute approximate surface area is 138 Å². The molecule has 1 unspecified atom stereocenters. The monoisotopic (exact) mass is 410 g/mol. The number of carbonyl (C=O) groups excluding carboxylic acids is 1. The third-order valence-corrected chi connectivity index (χ3v) is 4.50. The summed E-state index contributed by atoms with van der Waals surface area (Å²) in [4.78, 5) is 11.4. The summed E-state index contributed by atoms with van der Waals surface area (Å²) >= 11 is 6.97. The lowest BCUT2D eigenvalue weighted by Crippen LogP contribution is -2.25. The molecule has 0 saturated heterocycles. The lowest BCUT2D eigenvalue weighted by atomic mass is 9.99. The third-order valence-electron chi connectivity index (χ3n) is 3.29. The molecule has 21 heavy (non-hydrogen) atoms. The summed E-state index contributed by atoms with van der Waals surface area (Å²) in [6, 6.07) is 11.2. The molecule has 0 aromatic heterocycles. The Morgan fingerprint density at radius 1 is 1.19 bits per heavy atom. The fourth-order valence-corrected chi connectivity index (χ4v) is 3.10. The summed E-state index contributed by atoms with van der Waals surface area (Å²) in [6.07, 6.45) is 0. The Morgan fingerprint density at radius 3 is 2.81 bits per heavy atom. The highest BCUT2D eigenvalue weighted by Gasteiger charge is 2.19. The van der Waals surface area contributed by atoms with E-state index in [1.165, 1.54) is 0 Å². The van der Waals surface area contributed by atoms with E-state index in [4.69, 9.17) is 10.5 Å². The Kier molecular flexibility index (Phi) is 4.01. The molecule has 0 aliphatic carbocycles. The first-order valence-electron chi connectivity index (χ1n) is 6.32. The third kappa shape index (κ3) is 2.97. The maximum Gasteiger partial charge on any atom is 0.262 e. The van der Waals surface area contributed by atoms with Gasteiger partial charge in [-0.05, 0) is 41.5 Å². The zero-order valence-electron chi connectivity index (χ0n) is 10.9. The molecule has 0 radical (unpaired) electrons. The molecule has 1 amide bonds. The first-order chi connectivity index (χ1) is 10.0. The normalized spacial score (nSPS) is 14.9. The zero-order valence-corrected chi connectivity index (χ0v) is 14.1. The number of amides is 1. The van der Waals surface area contributed by atoms with Gasteiger partial charge in [0.1, 0.15) is 5.75 Å². The van der Waals surface area contributed by atoms with Gasteiger partial charge in [0.2, 0.25) is 0 Å². The highest BCUT2D eigenvalue weighted by molar-refractivity contribution is 9.11. The molecular weight excluding hydrogens is 400 g/mol. The highest BCUT2D eigenvalue weighted by atomic mass is 79.9. The molecule has 0 spiro atoms. The number of halogens is 2. The topological polar surface area (TPSA) is 64.3 Å². The summed E-state index contributed by atoms with van der Waals surface area (Å²) in [5.41, 5.74) is 8.87. The first-order valence-corrected chi connectivity index (χ1v) is 7.90. The molecule has 1 atom stereocenters. The van der Waals surface area contributed by atoms with Crippen molar-refractivity contribution in [3.05, 3.63) is 56.5 Å². The van der Waals surface area contributed by atoms with Gasteiger partial charge < -0.3 is 15.8 Å². The number of benzene rings is 2. The average Bonchev–Trinajstić information content (AvgIpc) is 2.48. The lowest BCUT2D eigenvalue weighted by Gasteiger charge is -2.21. The number of hydrogen-bond donors (Lipinski definition) is 2. The van der Waals surface area contributed by atoms with Gasteiger partial charge in [0.25, 0.3) is 5.91 Å². The summed E-state index contributed by atoms with van der Waals surface area (Å²) in [7, 11) is 0. The van der Waals surface area contributed by atoms with E-state index in [2.05, 4.69) is 37.2 Å². The number of carbonyl (C=O) groups is 1. The SMILES string of the molecule is NC(c1ccc2c(c1)NC(=O)CO2)c1cc(Br)ccc1Br. The molecule has 6 heteroatoms. The number of nitrogens with one attached hydrogen (secondary N) is 1. The van der Waals surface area contributed by atoms with Gasteiger partial charge in [-0.3, -0.25) is 4.79 Å². The van der Waals surface area contributed by atoms with Crippen LogP contribution in [0.2, 0.25) is 0 Å². The van der Waals surface area contributed by atoms with Crippen molar-refractivity contribution >= 4 is 43.5 Å². The largest absolute Gasteiger partial charge is 0.482 e. The Bertz CT molecular complexity index is 719. The van der Waals surface area contributed by atoms with Crippen molar-refractivity contribution < 1.29 is 9.53 Å². The minimum atomic E-state index is -0.305. The predicted octanol–water partition coefficient (Wildman–Crippen LogP) is 3.59. The Balaban J connectivity index is 1.98. The lowest BCUT2D eigenvalue weighted by molar-refractivity contribution is -0.118. The van der Waals surface area contributed by atoms with Crippen LogP contribution < -0.4 is 15.8 Å². The van der Waals surface area contributed by atoms with Gasteiger partial charge in [-0.2, -0.15) is 0 Å². The quantitative estimate of drug-likeness (QED) is 0.793. The molecule has 1 heterocycles. The van der Waals surface area contributed by atoms with Crippen molar-refractivity contribution in [1.82, 2.24) is 0 Å². The first kappa shape index (κ1) is 14.6. The van der Waals surface area contributed by atoms with Crippen LogP contribution in [0.25, 0.3) is 0 Å². The zero-order chi connectivity index (χ0) is 15.0. The van der Waals surface area contributed by atoms with Crippen LogP contribution in [0, 0.1) is 0 Å². The second kappa shape index (κ2) is 5.79. The summed E-state index contributed by atoms with van der Waals surface area (Å²) < 4.78 is 7.25. The fourth-order valence-electron chi connectivity index (χ4n) is 2.23. The van der Waals surface area contributed by atoms with E-state index >= 15 is 0 Å². The summed E-state index contributed by atoms with van der Waals surface area (Å²) in [5.74, 6) is 0.510. The van der Waals surface area contributed by atoms with Crippen LogP contribution in [-0.4, -0.2) is 12.5 Å². The van der Waals surface area contributed by atoms with E-state index in [1.807, 2.05) is 36.4 Å². The van der Waals surface area contributed by atoms with Gasteiger partial charge in [-0.1, -0.05) is 37.9 Å². The summed E-state index contributed by atoms with van der Waals surface area (Å²) in [5, 5.41) is 2.79. The number of fused-ring (bicyclic) bond motifs is 1. The van der Waals surface area contributed by atoms with E-state index in [1.54, 1.807) is 0 Å². The van der Waals surface area contributed by atoms with Crippen LogP contribution in [0.5, 0.6) is 5.75 Å². The van der Waals surface area contributed by atoms with E-state index in [0.717, 1.165) is 20.1 Å². The van der Waals surface area contributed by atoms with Crippen molar-refractivity contribution in [2.75, 3.05) is 11.9 Å².